The Bertz CT molecular complexity index is 3310. The van der Waals surface area contributed by atoms with Gasteiger partial charge in [0.15, 0.2) is 12.1 Å². The Morgan fingerprint density at radius 3 is 2.29 bits per heavy atom. The predicted molar refractivity (Wildman–Crippen MR) is 289 cm³/mol. The first-order chi connectivity index (χ1) is 37.8. The van der Waals surface area contributed by atoms with Crippen LogP contribution in [-0.2, 0) is 51.2 Å². The lowest BCUT2D eigenvalue weighted by molar-refractivity contribution is -0.142. The summed E-state index contributed by atoms with van der Waals surface area (Å²) in [6, 6.07) is 6.38. The molecule has 0 unspecified atom stereocenters. The number of nitrogens with zero attached hydrogens (tertiary/aromatic N) is 1. The van der Waals surface area contributed by atoms with Crippen molar-refractivity contribution < 1.29 is 53.3 Å². The summed E-state index contributed by atoms with van der Waals surface area (Å²) in [6.07, 6.45) is 1.34. The van der Waals surface area contributed by atoms with Crippen LogP contribution in [0.15, 0.2) is 84.2 Å². The number of aliphatic hydroxyl groups is 1. The maximum Gasteiger partial charge on any atom is 0.326 e. The lowest BCUT2D eigenvalue weighted by Gasteiger charge is -2.34. The number of carbonyl (C=O) groups is 8. The molecule has 418 valence electrons. The molecule has 21 N–H and O–H groups in total. The Morgan fingerprint density at radius 2 is 1.56 bits per heavy atom. The molecule has 0 saturated heterocycles. The van der Waals surface area contributed by atoms with Crippen molar-refractivity contribution in [2.75, 3.05) is 13.1 Å². The van der Waals surface area contributed by atoms with Crippen LogP contribution in [0.4, 0.5) is 0 Å². The maximum atomic E-state index is 15.2. The lowest BCUT2D eigenvalue weighted by atomic mass is 9.85. The summed E-state index contributed by atoms with van der Waals surface area (Å²) < 4.78 is 6.81. The molecule has 0 aliphatic carbocycles. The molecule has 3 aromatic heterocycles. The van der Waals surface area contributed by atoms with Gasteiger partial charge in [-0.1, -0.05) is 42.5 Å². The molecular weight excluding hydrogens is 1020 g/mol. The average molecular weight is 1090 g/mol. The molecule has 0 fully saturated rings. The summed E-state index contributed by atoms with van der Waals surface area (Å²) in [5.74, 6) is -9.11. The third kappa shape index (κ3) is 12.9. The average Bonchev–Trinajstić information content (AvgIpc) is 4.32. The van der Waals surface area contributed by atoms with E-state index >= 15 is 9.59 Å². The molecule has 0 spiro atoms. The number of amides is 7. The number of fused-ring (bicyclic) bond motifs is 8. The number of primary amides is 1. The van der Waals surface area contributed by atoms with Crippen molar-refractivity contribution in [3.63, 3.8) is 0 Å². The number of aliphatic carboxylic acids is 1. The number of ether oxygens (including phenoxy) is 1. The topological polar surface area (TPSA) is 448 Å². The van der Waals surface area contributed by atoms with E-state index in [-0.39, 0.29) is 56.9 Å². The van der Waals surface area contributed by atoms with Gasteiger partial charge in [0.2, 0.25) is 41.4 Å². The first kappa shape index (κ1) is 56.2. The third-order valence-electron chi connectivity index (χ3n) is 14.2. The van der Waals surface area contributed by atoms with Gasteiger partial charge in [-0.15, -0.1) is 0 Å². The molecule has 26 nitrogen and oxygen atoms in total. The minimum Gasteiger partial charge on any atom is -0.481 e. The van der Waals surface area contributed by atoms with Gasteiger partial charge in [0, 0.05) is 70.2 Å². The van der Waals surface area contributed by atoms with Gasteiger partial charge in [-0.05, 0) is 80.5 Å². The van der Waals surface area contributed by atoms with E-state index in [1.54, 1.807) is 61.1 Å². The minimum atomic E-state index is -1.87. The quantitative estimate of drug-likeness (QED) is 0.0281. The summed E-state index contributed by atoms with van der Waals surface area (Å²) >= 11 is 0. The van der Waals surface area contributed by atoms with Crippen LogP contribution < -0.4 is 65.3 Å². The fraction of sp³-hybridized carbons (Fsp3) is 0.377. The summed E-state index contributed by atoms with van der Waals surface area (Å²) in [5.41, 5.74) is 32.8. The fourth-order valence-corrected chi connectivity index (χ4v) is 10.2. The number of nitrogens with one attached hydrogen (secondary N) is 9. The molecule has 8 bridgehead atoms. The number of hydrogen-bond donors (Lipinski definition) is 16. The molecule has 3 aliphatic heterocycles. The summed E-state index contributed by atoms with van der Waals surface area (Å²) in [7, 11) is 0. The molecule has 9 rings (SSSR count). The van der Waals surface area contributed by atoms with Crippen LogP contribution in [0.25, 0.3) is 32.7 Å². The molecule has 10 atom stereocenters. The molecular formula is C53H65N15O11. The van der Waals surface area contributed by atoms with Crippen molar-refractivity contribution in [1.82, 2.24) is 46.9 Å². The monoisotopic (exact) mass is 1090 g/mol. The second-order valence-electron chi connectivity index (χ2n) is 19.8. The van der Waals surface area contributed by atoms with E-state index in [1.807, 2.05) is 18.2 Å². The zero-order valence-electron chi connectivity index (χ0n) is 43.0. The number of aliphatic imine (C=N–C) groups is 1. The number of carboxylic acid groups (broad SMARTS) is 1. The smallest absolute Gasteiger partial charge is 0.326 e. The van der Waals surface area contributed by atoms with Gasteiger partial charge >= 0.3 is 5.97 Å². The molecule has 26 heteroatoms. The van der Waals surface area contributed by atoms with Gasteiger partial charge in [-0.25, -0.2) is 4.79 Å². The van der Waals surface area contributed by atoms with Crippen LogP contribution in [0.5, 0.6) is 5.75 Å². The first-order valence-corrected chi connectivity index (χ1v) is 25.8. The molecule has 6 aromatic rings. The van der Waals surface area contributed by atoms with Gasteiger partial charge in [0.25, 0.3) is 0 Å². The van der Waals surface area contributed by atoms with Crippen LogP contribution in [0, 0.1) is 0 Å². The van der Waals surface area contributed by atoms with Crippen molar-refractivity contribution in [2.24, 2.45) is 33.7 Å². The summed E-state index contributed by atoms with van der Waals surface area (Å²) in [4.78, 5) is 126. The number of aliphatic hydroxyl groups excluding tert-OH is 1. The number of carboxylic acids is 1. The van der Waals surface area contributed by atoms with Crippen molar-refractivity contribution in [1.29, 1.82) is 0 Å². The highest BCUT2D eigenvalue weighted by Gasteiger charge is 2.43. The normalized spacial score (nSPS) is 22.0. The second kappa shape index (κ2) is 24.5. The van der Waals surface area contributed by atoms with Crippen molar-refractivity contribution in [3.05, 3.63) is 102 Å². The van der Waals surface area contributed by atoms with E-state index in [9.17, 15) is 39.0 Å². The largest absolute Gasteiger partial charge is 0.481 e. The van der Waals surface area contributed by atoms with Crippen LogP contribution in [0.2, 0.25) is 0 Å². The Morgan fingerprint density at radius 1 is 0.797 bits per heavy atom. The SMILES string of the molecule is C[C@@H](O)[C@@H]1NC(=O)[C@H]2NC(=O)[C@H](CC(N)=O)NC(=O)[C@@H](N)Cc3c[nH]c4c(cccc34)O[C@@H]2c2c[nH]c3cc(ccc23)[C@H](CCCN)[C@@H](C(=O)N[C@@H](CCCN=C(N)N)C(=O)N[C@@H](Cc2c[nH]c3ccccc23)C(=O)O)NC1=O. The number of benzene rings is 3. The van der Waals surface area contributed by atoms with Crippen LogP contribution in [0.3, 0.4) is 0 Å². The molecule has 3 aliphatic rings. The molecule has 7 amide bonds. The molecule has 0 saturated carbocycles. The molecule has 6 heterocycles. The number of aromatic amines is 3. The standard InChI is InChI=1S/C53H65N15O11/c1-24(69)41-49(74)67-43(50(75)63-35(11-6-16-59-53(57)58)47(72)65-38(52(77)78)19-27-21-60-34-10-3-2-7-28(27)34)29(9-5-15-54)25-13-14-31-32(23-61-36(31)18-25)45-44(51(76)66-41)68-48(73)37(20-40(56)70)64-46(71)33(55)17-26-22-62-42-30(26)8-4-12-39(42)79-45/h2-4,7-8,10,12-14,18,21-24,29,33,35,37-38,41,43-45,60-62,69H,5-6,9,11,15-17,19-20,54-55H2,1H3,(H2,56,70)(H,63,75)(H,64,71)(H,65,72)(H,66,76)(H,67,74)(H,68,73)(H,77,78)(H4,57,58,59)/t24-,29+,33+,35+,37+,38+,41+,43+,44+,45-/m1/s1. The van der Waals surface area contributed by atoms with E-state index < -0.39 is 114 Å². The number of para-hydroxylation sites is 2. The first-order valence-electron chi connectivity index (χ1n) is 25.8. The number of nitrogens with two attached hydrogens (primary N) is 5. The van der Waals surface area contributed by atoms with Crippen molar-refractivity contribution in [3.8, 4) is 5.75 Å². The number of H-pyrrole nitrogens is 3. The molecule has 3 aromatic carbocycles. The van der Waals surface area contributed by atoms with Crippen molar-refractivity contribution >= 4 is 86.0 Å². The van der Waals surface area contributed by atoms with E-state index in [0.29, 0.717) is 50.5 Å². The lowest BCUT2D eigenvalue weighted by Crippen LogP contribution is -2.63. The zero-order chi connectivity index (χ0) is 56.7. The Kier molecular flexibility index (Phi) is 17.5. The fourth-order valence-electron chi connectivity index (χ4n) is 10.2. The summed E-state index contributed by atoms with van der Waals surface area (Å²) in [6.45, 7) is 1.39. The number of rotatable bonds is 17. The van der Waals surface area contributed by atoms with Gasteiger partial charge in [0.05, 0.1) is 24.1 Å². The highest BCUT2D eigenvalue weighted by Crippen LogP contribution is 2.37. The van der Waals surface area contributed by atoms with Crippen LogP contribution in [-0.4, -0.2) is 140 Å². The third-order valence-corrected chi connectivity index (χ3v) is 14.2. The minimum absolute atomic E-state index is 0.00789. The van der Waals surface area contributed by atoms with E-state index in [4.69, 9.17) is 33.4 Å². The number of carbonyl (C=O) groups excluding carboxylic acids is 7. The zero-order valence-corrected chi connectivity index (χ0v) is 43.0. The van der Waals surface area contributed by atoms with Gasteiger partial charge in [-0.3, -0.25) is 38.6 Å². The van der Waals surface area contributed by atoms with Crippen LogP contribution >= 0.6 is 0 Å². The molecule has 0 radical (unpaired) electrons. The second-order valence-corrected chi connectivity index (χ2v) is 19.8. The van der Waals surface area contributed by atoms with Gasteiger partial charge in [-0.2, -0.15) is 0 Å². The summed E-state index contributed by atoms with van der Waals surface area (Å²) in [5, 5.41) is 39.3. The highest BCUT2D eigenvalue weighted by atomic mass is 16.5. The maximum absolute atomic E-state index is 15.2. The highest BCUT2D eigenvalue weighted by molar-refractivity contribution is 6.00. The number of aromatic nitrogens is 3. The van der Waals surface area contributed by atoms with Gasteiger partial charge in [0.1, 0.15) is 42.0 Å². The Labute approximate surface area is 451 Å². The predicted octanol–water partition coefficient (Wildman–Crippen LogP) is -1.48. The van der Waals surface area contributed by atoms with E-state index in [1.165, 1.54) is 6.92 Å². The molecule has 79 heavy (non-hydrogen) atoms. The Balaban J connectivity index is 1.21. The van der Waals surface area contributed by atoms with Crippen molar-refractivity contribution in [2.45, 2.75) is 112 Å². The van der Waals surface area contributed by atoms with Crippen LogP contribution in [0.1, 0.15) is 73.3 Å². The number of hydrogen-bond acceptors (Lipinski definition) is 13. The van der Waals surface area contributed by atoms with E-state index in [0.717, 1.165) is 10.9 Å². The Hall–Kier alpha value is -9.01. The van der Waals surface area contributed by atoms with E-state index in [2.05, 4.69) is 51.8 Å². The number of guanidine groups is 1. The van der Waals surface area contributed by atoms with Gasteiger partial charge < -0.3 is 90.5 Å².